The first kappa shape index (κ1) is 27.5. The van der Waals surface area contributed by atoms with Crippen molar-refractivity contribution in [2.24, 2.45) is 5.11 Å². The summed E-state index contributed by atoms with van der Waals surface area (Å²) in [7, 11) is -3.97. The van der Waals surface area contributed by atoms with Crippen LogP contribution in [-0.4, -0.2) is 57.5 Å². The highest BCUT2D eigenvalue weighted by atomic mass is 31.2. The molecule has 4 N–H and O–H groups in total. The van der Waals surface area contributed by atoms with Gasteiger partial charge < -0.3 is 15.0 Å². The number of ether oxygens (including phenoxy) is 1. The third-order valence-electron chi connectivity index (χ3n) is 5.44. The number of para-hydroxylation sites is 1. The van der Waals surface area contributed by atoms with Crippen molar-refractivity contribution in [3.05, 3.63) is 57.5 Å². The quantitative estimate of drug-likeness (QED) is 0.0536. The molecule has 0 radical (unpaired) electrons. The number of nitrogens with one attached hydrogen (secondary N) is 2. The second kappa shape index (κ2) is 12.4. The van der Waals surface area contributed by atoms with E-state index in [1.54, 1.807) is 44.2 Å². The van der Waals surface area contributed by atoms with E-state index in [0.717, 1.165) is 0 Å². The van der Waals surface area contributed by atoms with Gasteiger partial charge in [-0.05, 0) is 31.5 Å². The molecule has 204 valence electrons. The zero-order valence-electron chi connectivity index (χ0n) is 20.7. The number of anilines is 1. The van der Waals surface area contributed by atoms with Gasteiger partial charge in [0.2, 0.25) is 5.95 Å². The van der Waals surface area contributed by atoms with E-state index in [1.807, 2.05) is 0 Å². The number of benzene rings is 1. The van der Waals surface area contributed by atoms with Gasteiger partial charge in [-0.2, -0.15) is 4.98 Å². The number of imidazole rings is 1. The van der Waals surface area contributed by atoms with Crippen LogP contribution >= 0.6 is 7.75 Å². The summed E-state index contributed by atoms with van der Waals surface area (Å²) >= 11 is 0. The van der Waals surface area contributed by atoms with Gasteiger partial charge in [-0.3, -0.25) is 18.9 Å². The SMILES string of the molecule is CCOOC[C@H](C)NP(=O)(OC[C@@H]1O[C@H](n2cnc3c(=O)[nH]c(N)nc32)CC1N=[N+]=[N-])Oc1ccccc1. The Morgan fingerprint density at radius 1 is 1.39 bits per heavy atom. The first-order valence-corrected chi connectivity index (χ1v) is 13.3. The topological polar surface area (TPSA) is 214 Å². The highest BCUT2D eigenvalue weighted by Crippen LogP contribution is 2.46. The van der Waals surface area contributed by atoms with Crippen molar-refractivity contribution >= 4 is 24.9 Å². The molecule has 1 saturated heterocycles. The maximum Gasteiger partial charge on any atom is 0.459 e. The Kier molecular flexibility index (Phi) is 8.97. The van der Waals surface area contributed by atoms with Crippen molar-refractivity contribution < 1.29 is 28.1 Å². The Hall–Kier alpha value is -3.49. The summed E-state index contributed by atoms with van der Waals surface area (Å²) in [6.07, 6.45) is 0.0857. The number of H-pyrrole nitrogens is 1. The van der Waals surface area contributed by atoms with Crippen LogP contribution in [0.1, 0.15) is 26.5 Å². The summed E-state index contributed by atoms with van der Waals surface area (Å²) in [5.74, 6) is 0.234. The van der Waals surface area contributed by atoms with Gasteiger partial charge in [-0.15, -0.1) is 0 Å². The molecule has 1 aromatic carbocycles. The normalized spacial score (nSPS) is 21.6. The Morgan fingerprint density at radius 2 is 2.18 bits per heavy atom. The average Bonchev–Trinajstić information content (AvgIpc) is 3.48. The van der Waals surface area contributed by atoms with Crippen LogP contribution in [0.25, 0.3) is 21.6 Å². The second-order valence-electron chi connectivity index (χ2n) is 8.33. The standard InChI is InChI=1S/C21H28N9O7P/c1-3-33-34-10-13(2)28-38(32,37-14-7-5-4-6-8-14)35-11-16-15(27-29-23)9-17(36-16)30-12-24-18-19(30)25-21(22)26-20(18)31/h4-8,12-13,15-17H,3,9-11H2,1-2H3,(H,28,32)(H3,22,25,26,31)/t13-,15?,16-,17-,38?/m0/s1. The molecular formula is C21H28N9O7P. The summed E-state index contributed by atoms with van der Waals surface area (Å²) in [6, 6.07) is 7.34. The molecule has 4 rings (SSSR count). The van der Waals surface area contributed by atoms with E-state index in [9.17, 15) is 9.36 Å². The van der Waals surface area contributed by atoms with E-state index in [2.05, 4.69) is 30.1 Å². The number of nitrogen functional groups attached to an aromatic ring is 1. The summed E-state index contributed by atoms with van der Waals surface area (Å²) in [5.41, 5.74) is 14.6. The van der Waals surface area contributed by atoms with Crippen molar-refractivity contribution in [3.63, 3.8) is 0 Å². The maximum atomic E-state index is 13.7. The van der Waals surface area contributed by atoms with Crippen LogP contribution in [0.5, 0.6) is 5.75 Å². The first-order chi connectivity index (χ1) is 18.3. The van der Waals surface area contributed by atoms with Gasteiger partial charge in [0.25, 0.3) is 5.56 Å². The van der Waals surface area contributed by atoms with Crippen molar-refractivity contribution in [1.29, 1.82) is 0 Å². The van der Waals surface area contributed by atoms with Crippen LogP contribution in [0.4, 0.5) is 5.95 Å². The molecule has 1 fully saturated rings. The van der Waals surface area contributed by atoms with E-state index < -0.39 is 37.7 Å². The van der Waals surface area contributed by atoms with Crippen molar-refractivity contribution in [2.75, 3.05) is 25.6 Å². The summed E-state index contributed by atoms with van der Waals surface area (Å²) < 4.78 is 32.8. The molecule has 2 unspecified atom stereocenters. The van der Waals surface area contributed by atoms with Crippen LogP contribution in [0.2, 0.25) is 0 Å². The third-order valence-corrected chi connectivity index (χ3v) is 7.14. The van der Waals surface area contributed by atoms with E-state index >= 15 is 0 Å². The molecule has 0 amide bonds. The molecule has 17 heteroatoms. The first-order valence-electron chi connectivity index (χ1n) is 11.7. The van der Waals surface area contributed by atoms with E-state index in [1.165, 1.54) is 10.9 Å². The minimum absolute atomic E-state index is 0.0751. The number of hydrogen-bond donors (Lipinski definition) is 3. The summed E-state index contributed by atoms with van der Waals surface area (Å²) in [5, 5.41) is 6.63. The highest BCUT2D eigenvalue weighted by molar-refractivity contribution is 7.52. The molecule has 2 aromatic heterocycles. The molecule has 0 bridgehead atoms. The van der Waals surface area contributed by atoms with Crippen molar-refractivity contribution in [1.82, 2.24) is 24.6 Å². The van der Waals surface area contributed by atoms with Crippen LogP contribution in [0.15, 0.2) is 46.6 Å². The Balaban J connectivity index is 1.51. The number of aromatic nitrogens is 4. The molecule has 38 heavy (non-hydrogen) atoms. The number of fused-ring (bicyclic) bond motifs is 1. The number of nitrogens with two attached hydrogens (primary N) is 1. The lowest BCUT2D eigenvalue weighted by Crippen LogP contribution is -2.33. The fourth-order valence-electron chi connectivity index (χ4n) is 3.80. The fraction of sp³-hybridized carbons (Fsp3) is 0.476. The predicted molar refractivity (Wildman–Crippen MR) is 135 cm³/mol. The molecule has 16 nitrogen and oxygen atoms in total. The smallest absolute Gasteiger partial charge is 0.413 e. The molecule has 0 aliphatic carbocycles. The minimum atomic E-state index is -3.97. The Morgan fingerprint density at radius 3 is 2.92 bits per heavy atom. The van der Waals surface area contributed by atoms with E-state index in [0.29, 0.717) is 12.4 Å². The van der Waals surface area contributed by atoms with E-state index in [4.69, 9.17) is 34.8 Å². The Labute approximate surface area is 216 Å². The molecule has 1 aliphatic rings. The lowest BCUT2D eigenvalue weighted by molar-refractivity contribution is -0.293. The summed E-state index contributed by atoms with van der Waals surface area (Å²) in [6.45, 7) is 3.67. The third kappa shape index (κ3) is 6.68. The number of rotatable bonds is 13. The summed E-state index contributed by atoms with van der Waals surface area (Å²) in [4.78, 5) is 35.6. The second-order valence-corrected chi connectivity index (χ2v) is 10.0. The van der Waals surface area contributed by atoms with E-state index in [-0.39, 0.29) is 36.7 Å². The molecule has 5 atom stereocenters. The van der Waals surface area contributed by atoms with Crippen LogP contribution in [0.3, 0.4) is 0 Å². The maximum absolute atomic E-state index is 13.7. The van der Waals surface area contributed by atoms with Crippen molar-refractivity contribution in [3.8, 4) is 5.75 Å². The number of nitrogens with zero attached hydrogens (tertiary/aromatic N) is 6. The van der Waals surface area contributed by atoms with Crippen LogP contribution in [-0.2, 0) is 23.6 Å². The Bertz CT molecular complexity index is 1380. The largest absolute Gasteiger partial charge is 0.459 e. The van der Waals surface area contributed by atoms with Gasteiger partial charge in [0.05, 0.1) is 38.3 Å². The highest BCUT2D eigenvalue weighted by Gasteiger charge is 2.39. The van der Waals surface area contributed by atoms with Gasteiger partial charge in [-0.1, -0.05) is 23.3 Å². The average molecular weight is 549 g/mol. The molecule has 0 saturated carbocycles. The molecule has 3 aromatic rings. The van der Waals surface area contributed by atoms with Gasteiger partial charge in [-0.25, -0.2) is 24.4 Å². The van der Waals surface area contributed by atoms with Gasteiger partial charge in [0.1, 0.15) is 12.0 Å². The van der Waals surface area contributed by atoms with Gasteiger partial charge in [0, 0.05) is 17.4 Å². The minimum Gasteiger partial charge on any atom is -0.413 e. The van der Waals surface area contributed by atoms with Gasteiger partial charge in [0.15, 0.2) is 11.2 Å². The number of hydrogen-bond acceptors (Lipinski definition) is 11. The van der Waals surface area contributed by atoms with Gasteiger partial charge >= 0.3 is 7.75 Å². The lowest BCUT2D eigenvalue weighted by Gasteiger charge is -2.25. The molecule has 0 spiro atoms. The van der Waals surface area contributed by atoms with Crippen LogP contribution < -0.4 is 20.9 Å². The number of aromatic amines is 1. The fourth-order valence-corrected chi connectivity index (χ4v) is 5.34. The zero-order valence-corrected chi connectivity index (χ0v) is 21.6. The monoisotopic (exact) mass is 549 g/mol. The number of azide groups is 1. The predicted octanol–water partition coefficient (Wildman–Crippen LogP) is 2.82. The molecule has 3 heterocycles. The zero-order chi connectivity index (χ0) is 27.1. The lowest BCUT2D eigenvalue weighted by atomic mass is 10.1. The molecular weight excluding hydrogens is 521 g/mol. The molecule has 1 aliphatic heterocycles. The van der Waals surface area contributed by atoms with Crippen LogP contribution in [0, 0.1) is 0 Å². The van der Waals surface area contributed by atoms with Crippen molar-refractivity contribution in [2.45, 2.75) is 44.7 Å².